The van der Waals surface area contributed by atoms with Crippen LogP contribution in [-0.2, 0) is 6.42 Å². The van der Waals surface area contributed by atoms with Crippen molar-refractivity contribution in [2.45, 2.75) is 84.0 Å². The summed E-state index contributed by atoms with van der Waals surface area (Å²) in [6.07, 6.45) is 12.2. The highest BCUT2D eigenvalue weighted by Gasteiger charge is 2.25. The number of benzene rings is 2. The van der Waals surface area contributed by atoms with Gasteiger partial charge in [-0.1, -0.05) is 94.0 Å². The minimum atomic E-state index is -0.203. The average Bonchev–Trinajstić information content (AvgIpc) is 2.72. The number of aryl methyl sites for hydroxylation is 1. The molecule has 0 atom stereocenters. The minimum Gasteiger partial charge on any atom is -0.205 e. The van der Waals surface area contributed by atoms with E-state index >= 15 is 4.39 Å². The maximum Gasteiger partial charge on any atom is 0.145 e. The predicted molar refractivity (Wildman–Crippen MR) is 120 cm³/mol. The fraction of sp³-hybridized carbons (Fsp3) is 0.538. The van der Waals surface area contributed by atoms with E-state index in [4.69, 9.17) is 11.6 Å². The Morgan fingerprint density at radius 2 is 1.61 bits per heavy atom. The third-order valence-corrected chi connectivity index (χ3v) is 6.79. The van der Waals surface area contributed by atoms with Crippen molar-refractivity contribution in [1.29, 1.82) is 0 Å². The predicted octanol–water partition coefficient (Wildman–Crippen LogP) is 8.95. The van der Waals surface area contributed by atoms with Gasteiger partial charge in [0.15, 0.2) is 0 Å². The van der Waals surface area contributed by atoms with Gasteiger partial charge in [-0.25, -0.2) is 4.39 Å². The van der Waals surface area contributed by atoms with E-state index in [2.05, 4.69) is 38.1 Å². The van der Waals surface area contributed by atoms with E-state index in [-0.39, 0.29) is 10.8 Å². The van der Waals surface area contributed by atoms with Crippen LogP contribution in [0.25, 0.3) is 11.1 Å². The molecule has 0 amide bonds. The molecule has 0 saturated heterocycles. The lowest BCUT2D eigenvalue weighted by Gasteiger charge is -2.29. The van der Waals surface area contributed by atoms with Gasteiger partial charge in [-0.2, -0.15) is 0 Å². The Morgan fingerprint density at radius 3 is 2.25 bits per heavy atom. The second-order valence-electron chi connectivity index (χ2n) is 8.49. The fourth-order valence-corrected chi connectivity index (χ4v) is 4.97. The van der Waals surface area contributed by atoms with Crippen molar-refractivity contribution >= 4 is 11.6 Å². The molecule has 0 aromatic heterocycles. The van der Waals surface area contributed by atoms with Gasteiger partial charge in [-0.05, 0) is 60.6 Å². The molecular weight excluding hydrogens is 367 g/mol. The van der Waals surface area contributed by atoms with Crippen LogP contribution in [0.2, 0.25) is 5.02 Å². The summed E-state index contributed by atoms with van der Waals surface area (Å²) in [5.74, 6) is 0.953. The van der Waals surface area contributed by atoms with E-state index in [1.54, 1.807) is 0 Å². The summed E-state index contributed by atoms with van der Waals surface area (Å²) < 4.78 is 15.1. The molecule has 3 rings (SSSR count). The van der Waals surface area contributed by atoms with E-state index < -0.39 is 0 Å². The van der Waals surface area contributed by atoms with Crippen molar-refractivity contribution in [3.05, 3.63) is 58.4 Å². The molecule has 0 N–H and O–H groups in total. The number of halogens is 2. The maximum absolute atomic E-state index is 15.1. The van der Waals surface area contributed by atoms with Gasteiger partial charge in [0.2, 0.25) is 0 Å². The van der Waals surface area contributed by atoms with Gasteiger partial charge in [-0.3, -0.25) is 0 Å². The number of rotatable bonds is 8. The monoisotopic (exact) mass is 400 g/mol. The molecule has 1 saturated carbocycles. The Hall–Kier alpha value is -1.34. The molecule has 0 heterocycles. The normalized spacial score (nSPS) is 19.7. The van der Waals surface area contributed by atoms with Gasteiger partial charge in [0, 0.05) is 5.56 Å². The molecule has 2 aromatic carbocycles. The lowest BCUT2D eigenvalue weighted by atomic mass is 9.76. The summed E-state index contributed by atoms with van der Waals surface area (Å²) in [4.78, 5) is 0. The molecule has 152 valence electrons. The summed E-state index contributed by atoms with van der Waals surface area (Å²) in [6, 6.07) is 12.4. The van der Waals surface area contributed by atoms with Crippen molar-refractivity contribution in [3.63, 3.8) is 0 Å². The Balaban J connectivity index is 1.69. The second kappa shape index (κ2) is 10.4. The van der Waals surface area contributed by atoms with Crippen molar-refractivity contribution in [2.75, 3.05) is 0 Å². The first-order valence-corrected chi connectivity index (χ1v) is 11.6. The van der Waals surface area contributed by atoms with E-state index in [9.17, 15) is 0 Å². The first-order chi connectivity index (χ1) is 13.6. The van der Waals surface area contributed by atoms with Crippen LogP contribution in [0.1, 0.15) is 88.7 Å². The summed E-state index contributed by atoms with van der Waals surface area (Å²) in [5.41, 5.74) is 3.94. The molecule has 0 spiro atoms. The number of hydrogen-bond donors (Lipinski definition) is 0. The third kappa shape index (κ3) is 5.17. The van der Waals surface area contributed by atoms with Crippen molar-refractivity contribution in [2.24, 2.45) is 5.92 Å². The molecule has 0 aliphatic heterocycles. The van der Waals surface area contributed by atoms with E-state index in [0.29, 0.717) is 5.92 Å². The first-order valence-electron chi connectivity index (χ1n) is 11.2. The SMILES string of the molecule is CCCCCC1CCC(c2ccc(-c3ccc(CCC)cc3)c(Cl)c2F)CC1. The lowest BCUT2D eigenvalue weighted by Crippen LogP contribution is -2.14. The molecule has 1 aliphatic carbocycles. The highest BCUT2D eigenvalue weighted by Crippen LogP contribution is 2.41. The van der Waals surface area contributed by atoms with Crippen LogP contribution in [0.5, 0.6) is 0 Å². The van der Waals surface area contributed by atoms with Crippen LogP contribution < -0.4 is 0 Å². The lowest BCUT2D eigenvalue weighted by molar-refractivity contribution is 0.299. The zero-order valence-corrected chi connectivity index (χ0v) is 18.2. The molecular formula is C26H34ClF. The standard InChI is InChI=1S/C26H34ClF/c1-3-5-6-8-20-11-15-22(16-12-20)24-18-17-23(25(27)26(24)28)21-13-9-19(7-4-2)10-14-21/h9-10,13-14,17-18,20,22H,3-8,11-12,15-16H2,1-2H3. The van der Waals surface area contributed by atoms with Crippen molar-refractivity contribution in [1.82, 2.24) is 0 Å². The zero-order chi connectivity index (χ0) is 19.9. The highest BCUT2D eigenvalue weighted by atomic mass is 35.5. The largest absolute Gasteiger partial charge is 0.205 e. The molecule has 28 heavy (non-hydrogen) atoms. The van der Waals surface area contributed by atoms with Gasteiger partial charge in [0.1, 0.15) is 5.82 Å². The summed E-state index contributed by atoms with van der Waals surface area (Å²) in [6.45, 7) is 4.43. The Bertz CT molecular complexity index is 742. The molecule has 0 unspecified atom stereocenters. The smallest absolute Gasteiger partial charge is 0.145 e. The molecule has 1 fully saturated rings. The third-order valence-electron chi connectivity index (χ3n) is 6.42. The molecule has 2 heteroatoms. The van der Waals surface area contributed by atoms with Gasteiger partial charge < -0.3 is 0 Å². The molecule has 0 nitrogen and oxygen atoms in total. The fourth-order valence-electron chi connectivity index (χ4n) is 4.69. The Kier molecular flexibility index (Phi) is 7.97. The van der Waals surface area contributed by atoms with Crippen molar-refractivity contribution < 1.29 is 4.39 Å². The molecule has 0 radical (unpaired) electrons. The second-order valence-corrected chi connectivity index (χ2v) is 8.87. The van der Waals surface area contributed by atoms with E-state index in [0.717, 1.165) is 48.3 Å². The molecule has 1 aliphatic rings. The summed E-state index contributed by atoms with van der Waals surface area (Å²) in [7, 11) is 0. The van der Waals surface area contributed by atoms with Crippen LogP contribution in [0.15, 0.2) is 36.4 Å². The van der Waals surface area contributed by atoms with Gasteiger partial charge >= 0.3 is 0 Å². The van der Waals surface area contributed by atoms with Crippen LogP contribution in [0, 0.1) is 11.7 Å². The molecule has 0 bridgehead atoms. The number of unbranched alkanes of at least 4 members (excludes halogenated alkanes) is 2. The van der Waals surface area contributed by atoms with Crippen LogP contribution in [-0.4, -0.2) is 0 Å². The topological polar surface area (TPSA) is 0 Å². The first kappa shape index (κ1) is 21.4. The number of hydrogen-bond acceptors (Lipinski definition) is 0. The average molecular weight is 401 g/mol. The van der Waals surface area contributed by atoms with Crippen molar-refractivity contribution in [3.8, 4) is 11.1 Å². The van der Waals surface area contributed by atoms with Crippen LogP contribution in [0.4, 0.5) is 4.39 Å². The minimum absolute atomic E-state index is 0.203. The summed E-state index contributed by atoms with van der Waals surface area (Å²) >= 11 is 6.49. The van der Waals surface area contributed by atoms with Gasteiger partial charge in [-0.15, -0.1) is 0 Å². The quantitative estimate of drug-likeness (QED) is 0.388. The van der Waals surface area contributed by atoms with Crippen LogP contribution >= 0.6 is 11.6 Å². The van der Waals surface area contributed by atoms with E-state index in [1.807, 2.05) is 12.1 Å². The molecule has 2 aromatic rings. The zero-order valence-electron chi connectivity index (χ0n) is 17.4. The summed E-state index contributed by atoms with van der Waals surface area (Å²) in [5, 5.41) is 0.283. The van der Waals surface area contributed by atoms with E-state index in [1.165, 1.54) is 44.1 Å². The maximum atomic E-state index is 15.1. The highest BCUT2D eigenvalue weighted by molar-refractivity contribution is 6.33. The Morgan fingerprint density at radius 1 is 0.893 bits per heavy atom. The Labute approximate surface area is 175 Å². The van der Waals surface area contributed by atoms with Gasteiger partial charge in [0.05, 0.1) is 5.02 Å². The van der Waals surface area contributed by atoms with Gasteiger partial charge in [0.25, 0.3) is 0 Å². The van der Waals surface area contributed by atoms with Crippen LogP contribution in [0.3, 0.4) is 0 Å².